The number of rotatable bonds is 5. The van der Waals surface area contributed by atoms with Crippen molar-refractivity contribution in [3.05, 3.63) is 83.4 Å². The van der Waals surface area contributed by atoms with E-state index in [1.54, 1.807) is 0 Å². The fourth-order valence-corrected chi connectivity index (χ4v) is 3.22. The van der Waals surface area contributed by atoms with E-state index in [9.17, 15) is 4.79 Å². The smallest absolute Gasteiger partial charge is 0.262 e. The van der Waals surface area contributed by atoms with Crippen LogP contribution in [0, 0.1) is 6.92 Å². The Morgan fingerprint density at radius 1 is 1.04 bits per heavy atom. The number of carbonyl (C=O) groups excluding carboxylic acids is 1. The number of aryl methyl sites for hydroxylation is 1. The molecule has 0 spiro atoms. The Morgan fingerprint density at radius 2 is 1.86 bits per heavy atom. The summed E-state index contributed by atoms with van der Waals surface area (Å²) in [5, 5.41) is 4.62. The van der Waals surface area contributed by atoms with E-state index in [0.717, 1.165) is 33.4 Å². The van der Waals surface area contributed by atoms with Gasteiger partial charge in [-0.05, 0) is 66.6 Å². The summed E-state index contributed by atoms with van der Waals surface area (Å²) in [6.45, 7) is 1.95. The average Bonchev–Trinajstić information content (AvgIpc) is 3.10. The van der Waals surface area contributed by atoms with E-state index >= 15 is 0 Å². The minimum atomic E-state index is -0.200. The minimum absolute atomic E-state index is 0.0337. The number of anilines is 1. The van der Waals surface area contributed by atoms with Crippen molar-refractivity contribution in [3.63, 3.8) is 0 Å². The van der Waals surface area contributed by atoms with E-state index in [-0.39, 0.29) is 12.5 Å². The van der Waals surface area contributed by atoms with Crippen LogP contribution in [-0.2, 0) is 4.79 Å². The van der Waals surface area contributed by atoms with Crippen molar-refractivity contribution in [2.45, 2.75) is 6.92 Å². The molecule has 0 fully saturated rings. The molecule has 3 aromatic carbocycles. The Balaban J connectivity index is 1.40. The fourth-order valence-electron chi connectivity index (χ4n) is 3.04. The monoisotopic (exact) mass is 390 g/mol. The number of hydrogen-bond acceptors (Lipinski definition) is 2. The second-order valence-corrected chi connectivity index (χ2v) is 7.08. The fraction of sp³-hybridized carbons (Fsp3) is 0.0870. The van der Waals surface area contributed by atoms with Crippen molar-refractivity contribution in [3.8, 4) is 17.0 Å². The molecule has 4 aromatic rings. The van der Waals surface area contributed by atoms with Gasteiger partial charge in [0.2, 0.25) is 0 Å². The number of amides is 1. The van der Waals surface area contributed by atoms with Gasteiger partial charge in [-0.2, -0.15) is 0 Å². The Kier molecular flexibility index (Phi) is 5.04. The molecule has 4 nitrogen and oxygen atoms in total. The summed E-state index contributed by atoms with van der Waals surface area (Å²) in [7, 11) is 0. The van der Waals surface area contributed by atoms with Gasteiger partial charge in [0.15, 0.2) is 6.61 Å². The molecular formula is C23H19ClN2O2. The molecule has 0 aliphatic carbocycles. The molecular weight excluding hydrogens is 372 g/mol. The zero-order valence-electron chi connectivity index (χ0n) is 15.3. The third kappa shape index (κ3) is 4.18. The Labute approximate surface area is 168 Å². The van der Waals surface area contributed by atoms with Crippen molar-refractivity contribution < 1.29 is 9.53 Å². The van der Waals surface area contributed by atoms with Crippen LogP contribution in [-0.4, -0.2) is 17.5 Å². The van der Waals surface area contributed by atoms with Crippen LogP contribution < -0.4 is 10.1 Å². The molecule has 0 saturated carbocycles. The normalized spacial score (nSPS) is 10.8. The van der Waals surface area contributed by atoms with Gasteiger partial charge in [-0.1, -0.05) is 35.9 Å². The highest BCUT2D eigenvalue weighted by Crippen LogP contribution is 2.27. The maximum atomic E-state index is 12.1. The maximum Gasteiger partial charge on any atom is 0.262 e. The topological polar surface area (TPSA) is 54.1 Å². The van der Waals surface area contributed by atoms with Crippen LogP contribution in [0.25, 0.3) is 22.2 Å². The van der Waals surface area contributed by atoms with Crippen LogP contribution in [0.4, 0.5) is 5.69 Å². The quantitative estimate of drug-likeness (QED) is 0.451. The summed E-state index contributed by atoms with van der Waals surface area (Å²) in [5.41, 5.74) is 4.87. The lowest BCUT2D eigenvalue weighted by Crippen LogP contribution is -2.20. The van der Waals surface area contributed by atoms with Gasteiger partial charge >= 0.3 is 0 Å². The summed E-state index contributed by atoms with van der Waals surface area (Å²) in [6, 6.07) is 23.1. The number of fused-ring (bicyclic) bond motifs is 1. The van der Waals surface area contributed by atoms with Crippen LogP contribution in [0.15, 0.2) is 72.8 Å². The molecule has 0 saturated heterocycles. The third-order valence-corrected chi connectivity index (χ3v) is 4.66. The van der Waals surface area contributed by atoms with Gasteiger partial charge in [-0.3, -0.25) is 4.79 Å². The summed E-state index contributed by atoms with van der Waals surface area (Å²) in [4.78, 5) is 15.5. The molecule has 0 bridgehead atoms. The number of carbonyl (C=O) groups is 1. The molecule has 0 unspecified atom stereocenters. The summed E-state index contributed by atoms with van der Waals surface area (Å²) in [5.74, 6) is 0.485. The highest BCUT2D eigenvalue weighted by atomic mass is 35.5. The first-order chi connectivity index (χ1) is 13.6. The Hall–Kier alpha value is -3.24. The van der Waals surface area contributed by atoms with E-state index in [1.165, 1.54) is 0 Å². The molecule has 0 aliphatic rings. The van der Waals surface area contributed by atoms with Gasteiger partial charge in [0.25, 0.3) is 5.91 Å². The molecule has 140 valence electrons. The predicted octanol–water partition coefficient (Wildman–Crippen LogP) is 5.81. The van der Waals surface area contributed by atoms with Crippen LogP contribution in [0.3, 0.4) is 0 Å². The summed E-state index contributed by atoms with van der Waals surface area (Å²) in [6.07, 6.45) is 0. The minimum Gasteiger partial charge on any atom is -0.484 e. The third-order valence-electron chi connectivity index (χ3n) is 4.42. The first-order valence-electron chi connectivity index (χ1n) is 8.95. The zero-order chi connectivity index (χ0) is 19.5. The predicted molar refractivity (Wildman–Crippen MR) is 114 cm³/mol. The standard InChI is InChI=1S/C23H19ClN2O2/c1-15-3-2-4-20(11-15)28-14-23(27)25-19-8-5-16(6-9-19)22-13-17-12-18(24)7-10-21(17)26-22/h2-13,26H,14H2,1H3,(H,25,27). The molecule has 1 heterocycles. The highest BCUT2D eigenvalue weighted by molar-refractivity contribution is 6.31. The van der Waals surface area contributed by atoms with Crippen molar-refractivity contribution in [1.82, 2.24) is 4.98 Å². The van der Waals surface area contributed by atoms with Gasteiger partial charge in [0.1, 0.15) is 5.75 Å². The van der Waals surface area contributed by atoms with Crippen molar-refractivity contribution in [2.75, 3.05) is 11.9 Å². The van der Waals surface area contributed by atoms with Crippen LogP contribution in [0.5, 0.6) is 5.75 Å². The highest BCUT2D eigenvalue weighted by Gasteiger charge is 2.07. The maximum absolute atomic E-state index is 12.1. The Bertz CT molecular complexity index is 1130. The number of nitrogens with one attached hydrogen (secondary N) is 2. The van der Waals surface area contributed by atoms with Crippen LogP contribution in [0.2, 0.25) is 5.02 Å². The number of ether oxygens (including phenoxy) is 1. The van der Waals surface area contributed by atoms with Gasteiger partial charge in [-0.15, -0.1) is 0 Å². The van der Waals surface area contributed by atoms with Crippen molar-refractivity contribution >= 4 is 34.1 Å². The molecule has 0 aliphatic heterocycles. The van der Waals surface area contributed by atoms with Crippen molar-refractivity contribution in [2.24, 2.45) is 0 Å². The SMILES string of the molecule is Cc1cccc(OCC(=O)Nc2ccc(-c3cc4cc(Cl)ccc4[nH]3)cc2)c1. The molecule has 1 amide bonds. The molecule has 4 rings (SSSR count). The molecule has 28 heavy (non-hydrogen) atoms. The number of benzene rings is 3. The van der Waals surface area contributed by atoms with Crippen molar-refractivity contribution in [1.29, 1.82) is 0 Å². The average molecular weight is 391 g/mol. The first-order valence-corrected chi connectivity index (χ1v) is 9.33. The number of H-pyrrole nitrogens is 1. The summed E-state index contributed by atoms with van der Waals surface area (Å²) >= 11 is 6.05. The van der Waals surface area contributed by atoms with E-state index < -0.39 is 0 Å². The first kappa shape index (κ1) is 18.1. The van der Waals surface area contributed by atoms with Crippen LogP contribution >= 0.6 is 11.6 Å². The van der Waals surface area contributed by atoms with E-state index in [2.05, 4.69) is 16.4 Å². The number of aromatic amines is 1. The van der Waals surface area contributed by atoms with E-state index in [1.807, 2.05) is 73.7 Å². The molecule has 2 N–H and O–H groups in total. The second kappa shape index (κ2) is 7.79. The lowest BCUT2D eigenvalue weighted by molar-refractivity contribution is -0.118. The molecule has 5 heteroatoms. The zero-order valence-corrected chi connectivity index (χ0v) is 16.1. The van der Waals surface area contributed by atoms with E-state index in [4.69, 9.17) is 16.3 Å². The molecule has 0 radical (unpaired) electrons. The van der Waals surface area contributed by atoms with Gasteiger partial charge in [-0.25, -0.2) is 0 Å². The lowest BCUT2D eigenvalue weighted by Gasteiger charge is -2.08. The van der Waals surface area contributed by atoms with Crippen LogP contribution in [0.1, 0.15) is 5.56 Å². The number of halogens is 1. The van der Waals surface area contributed by atoms with E-state index in [0.29, 0.717) is 10.8 Å². The second-order valence-electron chi connectivity index (χ2n) is 6.65. The summed E-state index contributed by atoms with van der Waals surface area (Å²) < 4.78 is 5.53. The Morgan fingerprint density at radius 3 is 2.64 bits per heavy atom. The number of aromatic nitrogens is 1. The van der Waals surface area contributed by atoms with Gasteiger partial charge in [0, 0.05) is 27.3 Å². The molecule has 1 aromatic heterocycles. The lowest BCUT2D eigenvalue weighted by atomic mass is 10.1. The molecule has 0 atom stereocenters. The number of hydrogen-bond donors (Lipinski definition) is 2. The van der Waals surface area contributed by atoms with Gasteiger partial charge < -0.3 is 15.0 Å². The van der Waals surface area contributed by atoms with Gasteiger partial charge in [0.05, 0.1) is 0 Å². The largest absolute Gasteiger partial charge is 0.484 e.